The Hall–Kier alpha value is -0.540. The van der Waals surface area contributed by atoms with Gasteiger partial charge in [-0.2, -0.15) is 0 Å². The molecule has 0 radical (unpaired) electrons. The molecule has 0 spiro atoms. The second kappa shape index (κ2) is 6.07. The van der Waals surface area contributed by atoms with E-state index in [4.69, 9.17) is 16.6 Å². The first-order valence-electron chi connectivity index (χ1n) is 7.06. The molecule has 2 rings (SSSR count). The van der Waals surface area contributed by atoms with Gasteiger partial charge in [0.2, 0.25) is 0 Å². The summed E-state index contributed by atoms with van der Waals surface area (Å²) in [5, 5.41) is 0. The predicted molar refractivity (Wildman–Crippen MR) is 90.5 cm³/mol. The van der Waals surface area contributed by atoms with Crippen LogP contribution in [0.5, 0.6) is 0 Å². The fourth-order valence-corrected chi connectivity index (χ4v) is 2.71. The monoisotopic (exact) mass is 356 g/mol. The maximum atomic E-state index is 5.94. The first-order valence-corrected chi connectivity index (χ1v) is 8.38. The van der Waals surface area contributed by atoms with Gasteiger partial charge < -0.3 is 4.57 Å². The van der Waals surface area contributed by atoms with Crippen molar-refractivity contribution in [3.8, 4) is 0 Å². The van der Waals surface area contributed by atoms with Crippen molar-refractivity contribution in [2.75, 3.05) is 5.88 Å². The molecule has 2 aromatic rings. The summed E-state index contributed by atoms with van der Waals surface area (Å²) in [5.41, 5.74) is 2.46. The molecule has 0 saturated heterocycles. The Morgan fingerprint density at radius 2 is 2.05 bits per heavy atom. The van der Waals surface area contributed by atoms with Crippen molar-refractivity contribution in [2.24, 2.45) is 11.3 Å². The fraction of sp³-hybridized carbons (Fsp3) is 0.562. The van der Waals surface area contributed by atoms with Crippen LogP contribution in [-0.4, -0.2) is 15.4 Å². The van der Waals surface area contributed by atoms with Crippen LogP contribution in [0.15, 0.2) is 22.7 Å². The van der Waals surface area contributed by atoms with E-state index in [1.54, 1.807) is 0 Å². The van der Waals surface area contributed by atoms with Gasteiger partial charge in [0.05, 0.1) is 11.0 Å². The maximum absolute atomic E-state index is 5.94. The lowest BCUT2D eigenvalue weighted by atomic mass is 9.81. The molecule has 0 atom stereocenters. The molecular weight excluding hydrogens is 336 g/mol. The second-order valence-corrected chi connectivity index (χ2v) is 7.62. The first kappa shape index (κ1) is 15.8. The number of hydrogen-bond acceptors (Lipinski definition) is 1. The summed E-state index contributed by atoms with van der Waals surface area (Å²) < 4.78 is 3.42. The highest BCUT2D eigenvalue weighted by atomic mass is 79.9. The molecule has 1 aromatic carbocycles. The highest BCUT2D eigenvalue weighted by Crippen LogP contribution is 2.31. The standard InChI is InChI=1S/C16H22BrClN2/c1-11(2)16(3,4)10-20-14-9-12(17)5-6-13(14)19-15(20)7-8-18/h5-6,9,11H,7-8,10H2,1-4H3. The Labute approximate surface area is 134 Å². The third-order valence-electron chi connectivity index (χ3n) is 4.24. The molecule has 0 aliphatic rings. The molecule has 0 N–H and O–H groups in total. The summed E-state index contributed by atoms with van der Waals surface area (Å²) in [6.07, 6.45) is 0.808. The zero-order valence-electron chi connectivity index (χ0n) is 12.6. The minimum Gasteiger partial charge on any atom is -0.327 e. The van der Waals surface area contributed by atoms with Gasteiger partial charge in [-0.3, -0.25) is 0 Å². The number of benzene rings is 1. The Kier molecular flexibility index (Phi) is 4.80. The predicted octanol–water partition coefficient (Wildman–Crippen LogP) is 5.26. The summed E-state index contributed by atoms with van der Waals surface area (Å²) in [7, 11) is 0. The van der Waals surface area contributed by atoms with Gasteiger partial charge in [0.15, 0.2) is 0 Å². The number of alkyl halides is 1. The van der Waals surface area contributed by atoms with Crippen molar-refractivity contribution in [3.05, 3.63) is 28.5 Å². The highest BCUT2D eigenvalue weighted by Gasteiger charge is 2.25. The van der Waals surface area contributed by atoms with Crippen molar-refractivity contribution in [2.45, 2.75) is 40.7 Å². The fourth-order valence-electron chi connectivity index (χ4n) is 2.19. The van der Waals surface area contributed by atoms with Crippen LogP contribution < -0.4 is 0 Å². The van der Waals surface area contributed by atoms with E-state index >= 15 is 0 Å². The van der Waals surface area contributed by atoms with Crippen LogP contribution in [0.25, 0.3) is 11.0 Å². The zero-order chi connectivity index (χ0) is 14.9. The summed E-state index contributed by atoms with van der Waals surface area (Å²) in [6.45, 7) is 10.1. The molecule has 0 saturated carbocycles. The summed E-state index contributed by atoms with van der Waals surface area (Å²) in [6, 6.07) is 6.25. The second-order valence-electron chi connectivity index (χ2n) is 6.33. The summed E-state index contributed by atoms with van der Waals surface area (Å²) in [4.78, 5) is 4.74. The first-order chi connectivity index (χ1) is 9.35. The number of hydrogen-bond donors (Lipinski definition) is 0. The van der Waals surface area contributed by atoms with Crippen LogP contribution in [0.4, 0.5) is 0 Å². The van der Waals surface area contributed by atoms with E-state index in [0.717, 1.165) is 28.8 Å². The zero-order valence-corrected chi connectivity index (χ0v) is 14.9. The largest absolute Gasteiger partial charge is 0.327 e. The van der Waals surface area contributed by atoms with Crippen LogP contribution >= 0.6 is 27.5 Å². The molecule has 2 nitrogen and oxygen atoms in total. The summed E-state index contributed by atoms with van der Waals surface area (Å²) in [5.74, 6) is 2.30. The van der Waals surface area contributed by atoms with Crippen molar-refractivity contribution in [1.82, 2.24) is 9.55 Å². The number of rotatable bonds is 5. The molecule has 20 heavy (non-hydrogen) atoms. The number of aromatic nitrogens is 2. The SMILES string of the molecule is CC(C)C(C)(C)Cn1c(CCCl)nc2ccc(Br)cc21. The molecule has 1 heterocycles. The normalized spacial score (nSPS) is 12.6. The van der Waals surface area contributed by atoms with Crippen LogP contribution in [0.3, 0.4) is 0 Å². The molecule has 110 valence electrons. The average Bonchev–Trinajstić information content (AvgIpc) is 2.67. The Balaban J connectivity index is 2.53. The minimum atomic E-state index is 0.219. The van der Waals surface area contributed by atoms with Crippen LogP contribution in [-0.2, 0) is 13.0 Å². The molecule has 0 bridgehead atoms. The number of halogens is 2. The molecule has 1 aromatic heterocycles. The van der Waals surface area contributed by atoms with Gasteiger partial charge in [0.1, 0.15) is 5.82 Å². The van der Waals surface area contributed by atoms with Crippen LogP contribution in [0.2, 0.25) is 0 Å². The van der Waals surface area contributed by atoms with E-state index in [1.807, 2.05) is 6.07 Å². The number of nitrogens with zero attached hydrogens (tertiary/aromatic N) is 2. The lowest BCUT2D eigenvalue weighted by Gasteiger charge is -2.30. The van der Waals surface area contributed by atoms with Gasteiger partial charge in [-0.25, -0.2) is 4.98 Å². The Morgan fingerprint density at radius 3 is 2.65 bits per heavy atom. The van der Waals surface area contributed by atoms with E-state index in [-0.39, 0.29) is 5.41 Å². The third-order valence-corrected chi connectivity index (χ3v) is 4.92. The van der Waals surface area contributed by atoms with Gasteiger partial charge in [-0.1, -0.05) is 43.6 Å². The number of aryl methyl sites for hydroxylation is 1. The molecule has 0 amide bonds. The third kappa shape index (κ3) is 3.20. The van der Waals surface area contributed by atoms with Gasteiger partial charge in [0, 0.05) is 23.3 Å². The highest BCUT2D eigenvalue weighted by molar-refractivity contribution is 9.10. The van der Waals surface area contributed by atoms with Gasteiger partial charge in [-0.15, -0.1) is 11.6 Å². The quantitative estimate of drug-likeness (QED) is 0.667. The van der Waals surface area contributed by atoms with E-state index in [9.17, 15) is 0 Å². The topological polar surface area (TPSA) is 17.8 Å². The smallest absolute Gasteiger partial charge is 0.111 e. The average molecular weight is 358 g/mol. The van der Waals surface area contributed by atoms with Crippen molar-refractivity contribution in [1.29, 1.82) is 0 Å². The van der Waals surface area contributed by atoms with Crippen LogP contribution in [0, 0.1) is 11.3 Å². The molecule has 0 unspecified atom stereocenters. The number of fused-ring (bicyclic) bond motifs is 1. The molecule has 0 aliphatic carbocycles. The van der Waals surface area contributed by atoms with Crippen molar-refractivity contribution >= 4 is 38.6 Å². The lowest BCUT2D eigenvalue weighted by molar-refractivity contribution is 0.210. The van der Waals surface area contributed by atoms with E-state index in [2.05, 4.69) is 60.3 Å². The van der Waals surface area contributed by atoms with E-state index in [1.165, 1.54) is 5.52 Å². The summed E-state index contributed by atoms with van der Waals surface area (Å²) >= 11 is 9.49. The molecule has 4 heteroatoms. The van der Waals surface area contributed by atoms with Crippen LogP contribution in [0.1, 0.15) is 33.5 Å². The van der Waals surface area contributed by atoms with Gasteiger partial charge >= 0.3 is 0 Å². The lowest BCUT2D eigenvalue weighted by Crippen LogP contribution is -2.26. The molecule has 0 aliphatic heterocycles. The van der Waals surface area contributed by atoms with E-state index < -0.39 is 0 Å². The maximum Gasteiger partial charge on any atom is 0.111 e. The van der Waals surface area contributed by atoms with Gasteiger partial charge in [0.25, 0.3) is 0 Å². The Bertz CT molecular complexity index is 602. The molecular formula is C16H22BrClN2. The van der Waals surface area contributed by atoms with E-state index in [0.29, 0.717) is 11.8 Å². The molecule has 0 fully saturated rings. The van der Waals surface area contributed by atoms with Crippen molar-refractivity contribution < 1.29 is 0 Å². The van der Waals surface area contributed by atoms with Crippen molar-refractivity contribution in [3.63, 3.8) is 0 Å². The minimum absolute atomic E-state index is 0.219. The Morgan fingerprint density at radius 1 is 1.35 bits per heavy atom. The number of imidazole rings is 1. The van der Waals surface area contributed by atoms with Gasteiger partial charge in [-0.05, 0) is 29.5 Å².